The Hall–Kier alpha value is -2.68. The third-order valence-corrected chi connectivity index (χ3v) is 8.02. The van der Waals surface area contributed by atoms with Gasteiger partial charge in [0.25, 0.3) is 0 Å². The largest absolute Gasteiger partial charge is 0.507 e. The Bertz CT molecular complexity index is 1080. The van der Waals surface area contributed by atoms with Gasteiger partial charge in [0, 0.05) is 23.5 Å². The van der Waals surface area contributed by atoms with Crippen LogP contribution in [0.4, 0.5) is 5.69 Å². The van der Waals surface area contributed by atoms with E-state index in [4.69, 9.17) is 4.74 Å². The van der Waals surface area contributed by atoms with Gasteiger partial charge in [-0.15, -0.1) is 0 Å². The monoisotopic (exact) mass is 475 g/mol. The van der Waals surface area contributed by atoms with Crippen LogP contribution in [0.3, 0.4) is 0 Å². The molecule has 0 atom stereocenters. The van der Waals surface area contributed by atoms with Gasteiger partial charge >= 0.3 is 0 Å². The topological polar surface area (TPSA) is 32.7 Å². The summed E-state index contributed by atoms with van der Waals surface area (Å²) in [5.41, 5.74) is 9.95. The van der Waals surface area contributed by atoms with Crippen LogP contribution in [0.5, 0.6) is 5.75 Å². The fourth-order valence-corrected chi connectivity index (χ4v) is 5.45. The molecule has 1 spiro atoms. The van der Waals surface area contributed by atoms with Crippen LogP contribution in [0.15, 0.2) is 59.6 Å². The van der Waals surface area contributed by atoms with E-state index in [1.807, 2.05) is 19.1 Å². The number of nitrogens with zero attached hydrogens (tertiary/aromatic N) is 1. The smallest absolute Gasteiger partial charge is 0.122 e. The van der Waals surface area contributed by atoms with Gasteiger partial charge in [0.05, 0.1) is 12.9 Å². The zero-order chi connectivity index (χ0) is 25.8. The SMILES string of the molecule is C=C/C(=C\C=C(/C)OC)N1CC2(CCC2)Cc2c(C/C=C(\C)CCC=C(C)C)c(O)c(C)c(C)c21. The van der Waals surface area contributed by atoms with Crippen LogP contribution < -0.4 is 4.90 Å². The number of hydrogen-bond donors (Lipinski definition) is 1. The molecule has 1 aliphatic carbocycles. The molecular formula is C32H45NO2. The van der Waals surface area contributed by atoms with Crippen molar-refractivity contribution in [2.45, 2.75) is 86.5 Å². The Morgan fingerprint density at radius 1 is 1.09 bits per heavy atom. The lowest BCUT2D eigenvalue weighted by molar-refractivity contribution is 0.137. The van der Waals surface area contributed by atoms with Crippen molar-refractivity contribution in [3.63, 3.8) is 0 Å². The first kappa shape index (κ1) is 26.9. The highest BCUT2D eigenvalue weighted by Crippen LogP contribution is 2.53. The number of anilines is 1. The molecule has 2 aliphatic rings. The maximum Gasteiger partial charge on any atom is 0.122 e. The summed E-state index contributed by atoms with van der Waals surface area (Å²) in [5.74, 6) is 1.35. The van der Waals surface area contributed by atoms with Gasteiger partial charge in [-0.1, -0.05) is 36.3 Å². The second-order valence-corrected chi connectivity index (χ2v) is 10.9. The number of methoxy groups -OCH3 is 1. The van der Waals surface area contributed by atoms with Gasteiger partial charge in [-0.25, -0.2) is 0 Å². The molecule has 1 heterocycles. The summed E-state index contributed by atoms with van der Waals surface area (Å²) < 4.78 is 5.37. The van der Waals surface area contributed by atoms with E-state index in [0.29, 0.717) is 5.75 Å². The van der Waals surface area contributed by atoms with Gasteiger partial charge in [-0.2, -0.15) is 0 Å². The quantitative estimate of drug-likeness (QED) is 0.221. The predicted molar refractivity (Wildman–Crippen MR) is 150 cm³/mol. The lowest BCUT2D eigenvalue weighted by atomic mass is 9.62. The molecular weight excluding hydrogens is 430 g/mol. The van der Waals surface area contributed by atoms with Crippen molar-refractivity contribution in [3.8, 4) is 5.75 Å². The Morgan fingerprint density at radius 2 is 1.80 bits per heavy atom. The lowest BCUT2D eigenvalue weighted by Crippen LogP contribution is -2.47. The lowest BCUT2D eigenvalue weighted by Gasteiger charge is -2.51. The number of benzene rings is 1. The number of phenolic OH excluding ortho intramolecular Hbond substituents is 1. The summed E-state index contributed by atoms with van der Waals surface area (Å²) >= 11 is 0. The minimum Gasteiger partial charge on any atom is -0.507 e. The van der Waals surface area contributed by atoms with Gasteiger partial charge in [-0.05, 0) is 120 Å². The van der Waals surface area contributed by atoms with Crippen molar-refractivity contribution < 1.29 is 9.84 Å². The fourth-order valence-electron chi connectivity index (χ4n) is 5.45. The molecule has 1 saturated carbocycles. The molecule has 3 heteroatoms. The number of phenols is 1. The normalized spacial score (nSPS) is 17.7. The maximum absolute atomic E-state index is 11.3. The first-order valence-electron chi connectivity index (χ1n) is 13.1. The number of fused-ring (bicyclic) bond motifs is 1. The number of hydrogen-bond acceptors (Lipinski definition) is 3. The van der Waals surface area contributed by atoms with Crippen LogP contribution in [0, 0.1) is 19.3 Å². The van der Waals surface area contributed by atoms with Gasteiger partial charge in [0.15, 0.2) is 0 Å². The Balaban J connectivity index is 2.09. The van der Waals surface area contributed by atoms with Gasteiger partial charge in [0.1, 0.15) is 5.75 Å². The number of rotatable bonds is 9. The predicted octanol–water partition coefficient (Wildman–Crippen LogP) is 8.40. The first-order chi connectivity index (χ1) is 16.6. The standard InChI is InChI=1S/C32H45NO2/c1-9-27(16-15-24(5)35-8)33-21-32(18-11-19-32)20-29-28(31(34)26(7)25(6)30(29)33)17-14-23(4)13-10-12-22(2)3/h9,12,14-16,34H,1,10-11,13,17-21H2,2-8H3/b23-14+,24-15+,27-16+. The van der Waals surface area contributed by atoms with E-state index in [1.54, 1.807) is 7.11 Å². The van der Waals surface area contributed by atoms with E-state index >= 15 is 0 Å². The molecule has 3 rings (SSSR count). The van der Waals surface area contributed by atoms with Crippen molar-refractivity contribution in [2.75, 3.05) is 18.6 Å². The van der Waals surface area contributed by atoms with Gasteiger partial charge in [0.2, 0.25) is 0 Å². The van der Waals surface area contributed by atoms with Crippen LogP contribution in [0.25, 0.3) is 0 Å². The summed E-state index contributed by atoms with van der Waals surface area (Å²) in [6.07, 6.45) is 18.4. The summed E-state index contributed by atoms with van der Waals surface area (Å²) in [6.45, 7) is 17.8. The summed E-state index contributed by atoms with van der Waals surface area (Å²) in [5, 5.41) is 11.3. The highest BCUT2D eigenvalue weighted by Gasteiger charge is 2.44. The molecule has 0 amide bonds. The van der Waals surface area contributed by atoms with Crippen molar-refractivity contribution in [3.05, 3.63) is 81.8 Å². The summed E-state index contributed by atoms with van der Waals surface area (Å²) in [6, 6.07) is 0. The summed E-state index contributed by atoms with van der Waals surface area (Å²) in [4.78, 5) is 2.46. The van der Waals surface area contributed by atoms with Crippen molar-refractivity contribution in [1.82, 2.24) is 0 Å². The molecule has 1 N–H and O–H groups in total. The second-order valence-electron chi connectivity index (χ2n) is 10.9. The van der Waals surface area contributed by atoms with Crippen molar-refractivity contribution >= 4 is 5.69 Å². The maximum atomic E-state index is 11.3. The molecule has 3 nitrogen and oxygen atoms in total. The van der Waals surface area contributed by atoms with Crippen LogP contribution in [-0.2, 0) is 17.6 Å². The van der Waals surface area contributed by atoms with Crippen LogP contribution in [0.2, 0.25) is 0 Å². The van der Waals surface area contributed by atoms with Crippen LogP contribution in [-0.4, -0.2) is 18.8 Å². The highest BCUT2D eigenvalue weighted by atomic mass is 16.5. The molecule has 0 saturated heterocycles. The zero-order valence-electron chi connectivity index (χ0n) is 23.1. The fraction of sp³-hybridized carbons (Fsp3) is 0.500. The van der Waals surface area contributed by atoms with E-state index in [-0.39, 0.29) is 5.41 Å². The molecule has 0 bridgehead atoms. The highest BCUT2D eigenvalue weighted by molar-refractivity contribution is 5.73. The minimum absolute atomic E-state index is 0.278. The third kappa shape index (κ3) is 5.94. The molecule has 1 aliphatic heterocycles. The first-order valence-corrected chi connectivity index (χ1v) is 13.1. The van der Waals surface area contributed by atoms with E-state index < -0.39 is 0 Å². The van der Waals surface area contributed by atoms with Crippen molar-refractivity contribution in [2.24, 2.45) is 5.41 Å². The van der Waals surface area contributed by atoms with Gasteiger partial charge in [-0.3, -0.25) is 0 Å². The van der Waals surface area contributed by atoms with E-state index in [1.165, 1.54) is 47.2 Å². The molecule has 1 aromatic carbocycles. The van der Waals surface area contributed by atoms with Crippen LogP contribution in [0.1, 0.15) is 82.1 Å². The molecule has 0 radical (unpaired) electrons. The number of aromatic hydroxyl groups is 1. The minimum atomic E-state index is 0.278. The second kappa shape index (κ2) is 11.4. The Kier molecular flexibility index (Phi) is 8.74. The zero-order valence-corrected chi connectivity index (χ0v) is 23.1. The van der Waals surface area contributed by atoms with Crippen LogP contribution >= 0.6 is 0 Å². The average molecular weight is 476 g/mol. The Morgan fingerprint density at radius 3 is 2.37 bits per heavy atom. The van der Waals surface area contributed by atoms with E-state index in [0.717, 1.165) is 54.8 Å². The van der Waals surface area contributed by atoms with Crippen molar-refractivity contribution in [1.29, 1.82) is 0 Å². The van der Waals surface area contributed by atoms with Gasteiger partial charge < -0.3 is 14.7 Å². The average Bonchev–Trinajstić information content (AvgIpc) is 2.81. The van der Waals surface area contributed by atoms with E-state index in [2.05, 4.69) is 64.3 Å². The van der Waals surface area contributed by atoms with E-state index in [9.17, 15) is 5.11 Å². The molecule has 0 aromatic heterocycles. The molecule has 1 aromatic rings. The Labute approximate surface area is 213 Å². The molecule has 0 unspecified atom stereocenters. The summed E-state index contributed by atoms with van der Waals surface area (Å²) in [7, 11) is 1.70. The molecule has 1 fully saturated rings. The molecule has 35 heavy (non-hydrogen) atoms. The number of ether oxygens (including phenoxy) is 1. The molecule has 190 valence electrons. The number of allylic oxidation sites excluding steroid dienone is 8. The third-order valence-electron chi connectivity index (χ3n) is 8.02.